The average Bonchev–Trinajstić information content (AvgIpc) is 2.38. The predicted molar refractivity (Wildman–Crippen MR) is 69.2 cm³/mol. The van der Waals surface area contributed by atoms with Gasteiger partial charge in [0.05, 0.1) is 5.92 Å². The Morgan fingerprint density at radius 1 is 1.33 bits per heavy atom. The Balaban J connectivity index is 2.58. The molecule has 0 aromatic heterocycles. The van der Waals surface area contributed by atoms with Crippen molar-refractivity contribution in [2.45, 2.75) is 20.3 Å². The predicted octanol–water partition coefficient (Wildman–Crippen LogP) is 2.32. The summed E-state index contributed by atoms with van der Waals surface area (Å²) in [5.74, 6) is -1.17. The highest BCUT2D eigenvalue weighted by Gasteiger charge is 2.13. The Hall–Kier alpha value is -2.10. The van der Waals surface area contributed by atoms with Crippen molar-refractivity contribution in [2.75, 3.05) is 0 Å². The lowest BCUT2D eigenvalue weighted by atomic mass is 10.0. The van der Waals surface area contributed by atoms with E-state index in [9.17, 15) is 9.59 Å². The second-order valence-electron chi connectivity index (χ2n) is 3.84. The van der Waals surface area contributed by atoms with Gasteiger partial charge in [0.2, 0.25) is 0 Å². The summed E-state index contributed by atoms with van der Waals surface area (Å²) >= 11 is 0. The minimum Gasteiger partial charge on any atom is -0.341 e. The summed E-state index contributed by atoms with van der Waals surface area (Å²) in [6.45, 7) is 3.13. The van der Waals surface area contributed by atoms with Crippen molar-refractivity contribution in [1.82, 2.24) is 5.48 Å². The van der Waals surface area contributed by atoms with Crippen LogP contribution in [0.25, 0.3) is 6.08 Å². The molecule has 0 bridgehead atoms. The van der Waals surface area contributed by atoms with Crippen molar-refractivity contribution in [2.24, 2.45) is 5.92 Å². The van der Waals surface area contributed by atoms with Crippen LogP contribution in [0.1, 0.15) is 25.8 Å². The lowest BCUT2D eigenvalue weighted by Crippen LogP contribution is -2.31. The van der Waals surface area contributed by atoms with E-state index in [4.69, 9.17) is 0 Å². The molecule has 0 spiro atoms. The Morgan fingerprint density at radius 3 is 2.56 bits per heavy atom. The maximum Gasteiger partial charge on any atom is 0.329 e. The van der Waals surface area contributed by atoms with Crippen molar-refractivity contribution in [3.05, 3.63) is 42.0 Å². The third kappa shape index (κ3) is 4.82. The van der Waals surface area contributed by atoms with Crippen molar-refractivity contribution in [3.63, 3.8) is 0 Å². The highest BCUT2D eigenvalue weighted by molar-refractivity contribution is 5.81. The first-order chi connectivity index (χ1) is 8.63. The van der Waals surface area contributed by atoms with E-state index in [2.05, 4.69) is 10.3 Å². The molecule has 1 N–H and O–H groups in total. The van der Waals surface area contributed by atoms with Crippen LogP contribution in [0, 0.1) is 5.92 Å². The van der Waals surface area contributed by atoms with Gasteiger partial charge in [0.25, 0.3) is 5.91 Å². The molecular formula is C14H17NO3. The van der Waals surface area contributed by atoms with Gasteiger partial charge in [0.15, 0.2) is 0 Å². The summed E-state index contributed by atoms with van der Waals surface area (Å²) in [4.78, 5) is 26.7. The highest BCUT2D eigenvalue weighted by Crippen LogP contribution is 2.09. The van der Waals surface area contributed by atoms with Gasteiger partial charge < -0.3 is 4.84 Å². The molecule has 0 aliphatic rings. The van der Waals surface area contributed by atoms with Crippen LogP contribution < -0.4 is 5.48 Å². The lowest BCUT2D eigenvalue weighted by Gasteiger charge is -2.09. The van der Waals surface area contributed by atoms with Crippen LogP contribution in [0.15, 0.2) is 36.4 Å². The molecule has 0 fully saturated rings. The van der Waals surface area contributed by atoms with Crippen LogP contribution in [0.2, 0.25) is 0 Å². The molecule has 0 radical (unpaired) electrons. The molecule has 0 aliphatic carbocycles. The Morgan fingerprint density at radius 2 is 2.00 bits per heavy atom. The zero-order valence-corrected chi connectivity index (χ0v) is 10.6. The van der Waals surface area contributed by atoms with Crippen LogP contribution >= 0.6 is 0 Å². The number of hydrogen-bond acceptors (Lipinski definition) is 3. The van der Waals surface area contributed by atoms with Crippen molar-refractivity contribution < 1.29 is 14.4 Å². The zero-order valence-electron chi connectivity index (χ0n) is 10.6. The molecule has 1 unspecified atom stereocenters. The summed E-state index contributed by atoms with van der Waals surface area (Å²) in [5.41, 5.74) is 3.15. The van der Waals surface area contributed by atoms with E-state index < -0.39 is 5.97 Å². The van der Waals surface area contributed by atoms with Gasteiger partial charge >= 0.3 is 5.97 Å². The fraction of sp³-hybridized carbons (Fsp3) is 0.286. The molecule has 4 nitrogen and oxygen atoms in total. The van der Waals surface area contributed by atoms with Gasteiger partial charge in [-0.3, -0.25) is 9.59 Å². The minimum absolute atomic E-state index is 0.315. The number of nitrogens with one attached hydrogen (secondary N) is 1. The van der Waals surface area contributed by atoms with Gasteiger partial charge in [-0.2, -0.15) is 5.48 Å². The van der Waals surface area contributed by atoms with Crippen LogP contribution in [-0.4, -0.2) is 11.9 Å². The third-order valence-electron chi connectivity index (χ3n) is 2.39. The summed E-state index contributed by atoms with van der Waals surface area (Å²) in [7, 11) is 0. The van der Waals surface area contributed by atoms with Gasteiger partial charge in [-0.1, -0.05) is 49.4 Å². The van der Waals surface area contributed by atoms with Crippen LogP contribution in [0.4, 0.5) is 0 Å². The second-order valence-corrected chi connectivity index (χ2v) is 3.84. The van der Waals surface area contributed by atoms with Crippen LogP contribution in [0.3, 0.4) is 0 Å². The number of hydrogen-bond donors (Lipinski definition) is 1. The zero-order chi connectivity index (χ0) is 13.4. The summed E-state index contributed by atoms with van der Waals surface area (Å²) in [6, 6.07) is 9.70. The quantitative estimate of drug-likeness (QED) is 0.831. The molecule has 1 atom stereocenters. The molecule has 96 valence electrons. The summed E-state index contributed by atoms with van der Waals surface area (Å²) < 4.78 is 0. The van der Waals surface area contributed by atoms with Gasteiger partial charge in [0.1, 0.15) is 0 Å². The minimum atomic E-state index is -0.537. The molecule has 0 aliphatic heterocycles. The number of carbonyl (C=O) groups excluding carboxylic acids is 2. The van der Waals surface area contributed by atoms with Gasteiger partial charge in [-0.15, -0.1) is 0 Å². The molecular weight excluding hydrogens is 230 g/mol. The second kappa shape index (κ2) is 7.27. The molecule has 18 heavy (non-hydrogen) atoms. The van der Waals surface area contributed by atoms with E-state index in [1.54, 1.807) is 6.08 Å². The van der Waals surface area contributed by atoms with E-state index in [-0.39, 0.29) is 11.8 Å². The molecule has 0 saturated carbocycles. The molecule has 1 rings (SSSR count). The molecule has 1 amide bonds. The molecule has 4 heteroatoms. The fourth-order valence-corrected chi connectivity index (χ4v) is 1.40. The molecule has 0 saturated heterocycles. The smallest absolute Gasteiger partial charge is 0.329 e. The van der Waals surface area contributed by atoms with Crippen LogP contribution in [-0.2, 0) is 14.4 Å². The van der Waals surface area contributed by atoms with Gasteiger partial charge in [0, 0.05) is 6.92 Å². The average molecular weight is 247 g/mol. The number of carbonyl (C=O) groups is 2. The topological polar surface area (TPSA) is 55.4 Å². The number of benzene rings is 1. The summed E-state index contributed by atoms with van der Waals surface area (Å²) in [6.07, 6.45) is 4.31. The lowest BCUT2D eigenvalue weighted by molar-refractivity contribution is -0.157. The van der Waals surface area contributed by atoms with Gasteiger partial charge in [-0.25, -0.2) is 0 Å². The first kappa shape index (κ1) is 14.0. The third-order valence-corrected chi connectivity index (χ3v) is 2.39. The largest absolute Gasteiger partial charge is 0.341 e. The SMILES string of the molecule is CCC(/C=C/c1ccccc1)C(=O)NOC(C)=O. The monoisotopic (exact) mass is 247 g/mol. The Labute approximate surface area is 107 Å². The van der Waals surface area contributed by atoms with E-state index in [0.29, 0.717) is 6.42 Å². The van der Waals surface area contributed by atoms with E-state index in [1.165, 1.54) is 6.92 Å². The first-order valence-electron chi connectivity index (χ1n) is 5.84. The molecule has 1 aromatic carbocycles. The highest BCUT2D eigenvalue weighted by atomic mass is 16.7. The summed E-state index contributed by atoms with van der Waals surface area (Å²) in [5, 5.41) is 0. The fourth-order valence-electron chi connectivity index (χ4n) is 1.40. The Bertz CT molecular complexity index is 426. The van der Waals surface area contributed by atoms with E-state index in [1.807, 2.05) is 43.3 Å². The van der Waals surface area contributed by atoms with E-state index in [0.717, 1.165) is 5.56 Å². The van der Waals surface area contributed by atoms with Crippen LogP contribution in [0.5, 0.6) is 0 Å². The number of rotatable bonds is 4. The number of amides is 1. The molecule has 1 aromatic rings. The van der Waals surface area contributed by atoms with Crippen molar-refractivity contribution in [3.8, 4) is 0 Å². The molecule has 0 heterocycles. The van der Waals surface area contributed by atoms with Gasteiger partial charge in [-0.05, 0) is 12.0 Å². The number of hydroxylamine groups is 1. The maximum atomic E-state index is 11.7. The Kier molecular flexibility index (Phi) is 5.64. The van der Waals surface area contributed by atoms with Crippen molar-refractivity contribution >= 4 is 18.0 Å². The normalized spacial score (nSPS) is 12.1. The van der Waals surface area contributed by atoms with Crippen molar-refractivity contribution in [1.29, 1.82) is 0 Å². The van der Waals surface area contributed by atoms with E-state index >= 15 is 0 Å². The maximum absolute atomic E-state index is 11.7. The standard InChI is InChI=1S/C14H17NO3/c1-3-13(14(17)15-18-11(2)16)10-9-12-7-5-4-6-8-12/h4-10,13H,3H2,1-2H3,(H,15,17)/b10-9+. The first-order valence-corrected chi connectivity index (χ1v) is 5.84.